The van der Waals surface area contributed by atoms with Crippen molar-refractivity contribution in [3.63, 3.8) is 0 Å². The van der Waals surface area contributed by atoms with Gasteiger partial charge in [-0.3, -0.25) is 9.36 Å². The van der Waals surface area contributed by atoms with Gasteiger partial charge in [-0.05, 0) is 26.8 Å². The fourth-order valence-corrected chi connectivity index (χ4v) is 1.79. The van der Waals surface area contributed by atoms with Crippen LogP contribution in [0, 0.1) is 0 Å². The van der Waals surface area contributed by atoms with E-state index in [9.17, 15) is 5.11 Å². The van der Waals surface area contributed by atoms with Gasteiger partial charge in [0, 0.05) is 30.5 Å². The number of aliphatic hydroxyl groups is 1. The summed E-state index contributed by atoms with van der Waals surface area (Å²) in [5, 5.41) is 18.7. The maximum atomic E-state index is 10.3. The minimum atomic E-state index is -0.662. The van der Waals surface area contributed by atoms with Crippen LogP contribution in [-0.4, -0.2) is 24.7 Å². The van der Waals surface area contributed by atoms with Crippen LogP contribution in [0.3, 0.4) is 0 Å². The normalized spacial score (nSPS) is 13.2. The Hall–Kier alpha value is -1.62. The number of aryl methyl sites for hydroxylation is 1. The second kappa shape index (κ2) is 4.71. The molecule has 0 amide bonds. The zero-order chi connectivity index (χ0) is 12.4. The number of aliphatic hydroxyl groups excluding tert-OH is 1. The van der Waals surface area contributed by atoms with Gasteiger partial charge in [0.25, 0.3) is 0 Å². The van der Waals surface area contributed by atoms with Gasteiger partial charge in [0.15, 0.2) is 0 Å². The summed E-state index contributed by atoms with van der Waals surface area (Å²) in [5.74, 6) is 0. The van der Waals surface area contributed by atoms with Gasteiger partial charge in [-0.1, -0.05) is 0 Å². The molecule has 2 aromatic rings. The lowest BCUT2D eigenvalue weighted by Gasteiger charge is -2.10. The molecule has 0 fully saturated rings. The van der Waals surface area contributed by atoms with Crippen LogP contribution < -0.4 is 0 Å². The minimum absolute atomic E-state index is 0.298. The van der Waals surface area contributed by atoms with Crippen molar-refractivity contribution in [2.45, 2.75) is 39.5 Å². The lowest BCUT2D eigenvalue weighted by atomic mass is 10.1. The highest BCUT2D eigenvalue weighted by atomic mass is 16.3. The molecule has 2 heterocycles. The second-order valence-corrected chi connectivity index (χ2v) is 4.32. The molecule has 1 unspecified atom stereocenters. The van der Waals surface area contributed by atoms with E-state index in [0.29, 0.717) is 6.04 Å². The molecular formula is C12H18N4O. The minimum Gasteiger partial charge on any atom is -0.382 e. The van der Waals surface area contributed by atoms with Gasteiger partial charge in [-0.15, -0.1) is 0 Å². The summed E-state index contributed by atoms with van der Waals surface area (Å²) < 4.78 is 3.63. The molecule has 2 aromatic heterocycles. The number of rotatable bonds is 4. The molecule has 2 rings (SSSR count). The summed E-state index contributed by atoms with van der Waals surface area (Å²) in [4.78, 5) is 0. The monoisotopic (exact) mass is 234 g/mol. The van der Waals surface area contributed by atoms with E-state index in [1.165, 1.54) is 0 Å². The lowest BCUT2D eigenvalue weighted by Crippen LogP contribution is -2.08. The van der Waals surface area contributed by atoms with E-state index in [1.807, 2.05) is 23.9 Å². The van der Waals surface area contributed by atoms with Crippen LogP contribution in [0.2, 0.25) is 0 Å². The summed E-state index contributed by atoms with van der Waals surface area (Å²) >= 11 is 0. The van der Waals surface area contributed by atoms with Crippen molar-refractivity contribution in [3.8, 4) is 0 Å². The highest BCUT2D eigenvalue weighted by Gasteiger charge is 2.16. The third-order valence-electron chi connectivity index (χ3n) is 2.80. The maximum Gasteiger partial charge on any atom is 0.124 e. The Morgan fingerprint density at radius 1 is 1.35 bits per heavy atom. The van der Waals surface area contributed by atoms with Crippen LogP contribution in [0.4, 0.5) is 0 Å². The average Bonchev–Trinajstić information content (AvgIpc) is 2.96. The summed E-state index contributed by atoms with van der Waals surface area (Å²) in [6, 6.07) is 2.13. The number of nitrogens with zero attached hydrogens (tertiary/aromatic N) is 4. The molecule has 92 valence electrons. The predicted molar refractivity (Wildman–Crippen MR) is 64.6 cm³/mol. The Morgan fingerprint density at radius 2 is 2.12 bits per heavy atom. The van der Waals surface area contributed by atoms with Crippen LogP contribution in [-0.2, 0) is 6.54 Å². The molecule has 0 aromatic carbocycles. The van der Waals surface area contributed by atoms with Crippen LogP contribution >= 0.6 is 0 Å². The van der Waals surface area contributed by atoms with Crippen molar-refractivity contribution in [1.29, 1.82) is 0 Å². The Labute approximate surface area is 101 Å². The predicted octanol–water partition coefficient (Wildman–Crippen LogP) is 1.76. The van der Waals surface area contributed by atoms with Gasteiger partial charge < -0.3 is 5.11 Å². The van der Waals surface area contributed by atoms with Gasteiger partial charge in [-0.25, -0.2) is 0 Å². The number of aromatic nitrogens is 4. The van der Waals surface area contributed by atoms with Crippen molar-refractivity contribution in [1.82, 2.24) is 19.6 Å². The van der Waals surface area contributed by atoms with Gasteiger partial charge in [-0.2, -0.15) is 10.2 Å². The Morgan fingerprint density at radius 3 is 2.71 bits per heavy atom. The number of hydrogen-bond acceptors (Lipinski definition) is 3. The molecule has 0 aliphatic heterocycles. The smallest absolute Gasteiger partial charge is 0.124 e. The zero-order valence-corrected chi connectivity index (χ0v) is 10.4. The first-order valence-corrected chi connectivity index (χ1v) is 5.87. The van der Waals surface area contributed by atoms with Crippen molar-refractivity contribution in [3.05, 3.63) is 35.9 Å². The second-order valence-electron chi connectivity index (χ2n) is 4.32. The maximum absolute atomic E-state index is 10.3. The summed E-state index contributed by atoms with van der Waals surface area (Å²) in [5.41, 5.74) is 1.60. The largest absolute Gasteiger partial charge is 0.382 e. The molecule has 0 bridgehead atoms. The SMILES string of the molecule is CCn1nccc1C(O)c1cnn(C(C)C)c1. The Kier molecular flexibility index (Phi) is 3.28. The third-order valence-corrected chi connectivity index (χ3v) is 2.80. The molecule has 0 spiro atoms. The van der Waals surface area contributed by atoms with Crippen molar-refractivity contribution < 1.29 is 5.11 Å². The van der Waals surface area contributed by atoms with Crippen LogP contribution in [0.25, 0.3) is 0 Å². The van der Waals surface area contributed by atoms with E-state index in [1.54, 1.807) is 17.1 Å². The highest BCUT2D eigenvalue weighted by Crippen LogP contribution is 2.21. The van der Waals surface area contributed by atoms with Crippen LogP contribution in [0.15, 0.2) is 24.7 Å². The van der Waals surface area contributed by atoms with Crippen LogP contribution in [0.5, 0.6) is 0 Å². The molecule has 1 N–H and O–H groups in total. The first-order chi connectivity index (χ1) is 8.13. The summed E-state index contributed by atoms with van der Waals surface area (Å²) in [6.45, 7) is 6.86. The molecular weight excluding hydrogens is 216 g/mol. The molecule has 0 saturated heterocycles. The quantitative estimate of drug-likeness (QED) is 0.877. The van der Waals surface area contributed by atoms with Gasteiger partial charge in [0.05, 0.1) is 11.9 Å². The molecule has 0 radical (unpaired) electrons. The van der Waals surface area contributed by atoms with Gasteiger partial charge in [0.1, 0.15) is 6.10 Å². The molecule has 1 atom stereocenters. The molecule has 0 aliphatic rings. The molecule has 0 aliphatic carbocycles. The highest BCUT2D eigenvalue weighted by molar-refractivity contribution is 5.20. The van der Waals surface area contributed by atoms with E-state index in [2.05, 4.69) is 24.0 Å². The van der Waals surface area contributed by atoms with Crippen molar-refractivity contribution in [2.24, 2.45) is 0 Å². The Balaban J connectivity index is 2.27. The fourth-order valence-electron chi connectivity index (χ4n) is 1.79. The van der Waals surface area contributed by atoms with E-state index in [-0.39, 0.29) is 0 Å². The fraction of sp³-hybridized carbons (Fsp3) is 0.500. The molecule has 5 heteroatoms. The topological polar surface area (TPSA) is 55.9 Å². The average molecular weight is 234 g/mol. The summed E-state index contributed by atoms with van der Waals surface area (Å²) in [6.07, 6.45) is 4.62. The zero-order valence-electron chi connectivity index (χ0n) is 10.4. The van der Waals surface area contributed by atoms with E-state index < -0.39 is 6.10 Å². The van der Waals surface area contributed by atoms with Crippen LogP contribution in [0.1, 0.15) is 44.2 Å². The first-order valence-electron chi connectivity index (χ1n) is 5.87. The Bertz CT molecular complexity index is 486. The van der Waals surface area contributed by atoms with Crippen molar-refractivity contribution >= 4 is 0 Å². The van der Waals surface area contributed by atoms with Gasteiger partial charge in [0.2, 0.25) is 0 Å². The van der Waals surface area contributed by atoms with Gasteiger partial charge >= 0.3 is 0 Å². The number of hydrogen-bond donors (Lipinski definition) is 1. The molecule has 0 saturated carbocycles. The first kappa shape index (κ1) is 11.9. The summed E-state index contributed by atoms with van der Waals surface area (Å²) in [7, 11) is 0. The third kappa shape index (κ3) is 2.24. The lowest BCUT2D eigenvalue weighted by molar-refractivity contribution is 0.208. The standard InChI is InChI=1S/C12H18N4O/c1-4-15-11(5-6-13-15)12(17)10-7-14-16(8-10)9(2)3/h5-9,12,17H,4H2,1-3H3. The molecule has 5 nitrogen and oxygen atoms in total. The molecule has 17 heavy (non-hydrogen) atoms. The van der Waals surface area contributed by atoms with E-state index in [4.69, 9.17) is 0 Å². The van der Waals surface area contributed by atoms with Crippen molar-refractivity contribution in [2.75, 3.05) is 0 Å². The van der Waals surface area contributed by atoms with E-state index in [0.717, 1.165) is 17.8 Å². The van der Waals surface area contributed by atoms with E-state index >= 15 is 0 Å².